The standard InChI is InChI=1S/C19H25ClN4O3S/c1-4-13(2)21-18(25)16-12-28-17(23-16)11-24(8-9-27-3)19(26)22-15-7-5-6-14(20)10-15/h5-7,10,12-13H,4,8-9,11H2,1-3H3,(H,21,25)(H,22,26). The number of thiazole rings is 1. The van der Waals surface area contributed by atoms with Crippen LogP contribution in [-0.2, 0) is 11.3 Å². The first-order valence-corrected chi connectivity index (χ1v) is 10.2. The Bertz CT molecular complexity index is 799. The number of methoxy groups -OCH3 is 1. The van der Waals surface area contributed by atoms with Crippen molar-refractivity contribution in [3.05, 3.63) is 45.4 Å². The van der Waals surface area contributed by atoms with E-state index in [1.165, 1.54) is 11.3 Å². The van der Waals surface area contributed by atoms with Gasteiger partial charge in [0.25, 0.3) is 5.91 Å². The number of aromatic nitrogens is 1. The predicted molar refractivity (Wildman–Crippen MR) is 112 cm³/mol. The van der Waals surface area contributed by atoms with Gasteiger partial charge < -0.3 is 20.3 Å². The molecule has 2 aromatic rings. The van der Waals surface area contributed by atoms with E-state index in [-0.39, 0.29) is 24.5 Å². The summed E-state index contributed by atoms with van der Waals surface area (Å²) in [6.07, 6.45) is 0.844. The molecule has 0 aliphatic heterocycles. The van der Waals surface area contributed by atoms with Crippen LogP contribution in [0.5, 0.6) is 0 Å². The molecule has 0 saturated carbocycles. The highest BCUT2D eigenvalue weighted by molar-refractivity contribution is 7.09. The molecule has 0 spiro atoms. The number of benzene rings is 1. The zero-order valence-electron chi connectivity index (χ0n) is 16.2. The molecule has 0 aliphatic rings. The normalized spacial score (nSPS) is 11.7. The summed E-state index contributed by atoms with van der Waals surface area (Å²) in [6, 6.07) is 6.73. The minimum Gasteiger partial charge on any atom is -0.383 e. The number of hydrogen-bond donors (Lipinski definition) is 2. The Morgan fingerprint density at radius 1 is 1.39 bits per heavy atom. The Kier molecular flexibility index (Phi) is 8.69. The lowest BCUT2D eigenvalue weighted by Crippen LogP contribution is -2.37. The predicted octanol–water partition coefficient (Wildman–Crippen LogP) is 4.01. The summed E-state index contributed by atoms with van der Waals surface area (Å²) in [4.78, 5) is 30.8. The van der Waals surface area contributed by atoms with E-state index in [1.807, 2.05) is 13.8 Å². The molecule has 9 heteroatoms. The topological polar surface area (TPSA) is 83.6 Å². The molecule has 28 heavy (non-hydrogen) atoms. The largest absolute Gasteiger partial charge is 0.383 e. The summed E-state index contributed by atoms with van der Waals surface area (Å²) >= 11 is 7.31. The van der Waals surface area contributed by atoms with Crippen LogP contribution in [0.25, 0.3) is 0 Å². The summed E-state index contributed by atoms with van der Waals surface area (Å²) in [5.41, 5.74) is 0.968. The van der Waals surface area contributed by atoms with Crippen LogP contribution in [0.2, 0.25) is 5.02 Å². The van der Waals surface area contributed by atoms with Crippen LogP contribution in [-0.4, -0.2) is 48.1 Å². The van der Waals surface area contributed by atoms with Crippen molar-refractivity contribution in [1.82, 2.24) is 15.2 Å². The number of halogens is 1. The van der Waals surface area contributed by atoms with Crippen molar-refractivity contribution in [3.63, 3.8) is 0 Å². The zero-order chi connectivity index (χ0) is 20.5. The fraction of sp³-hybridized carbons (Fsp3) is 0.421. The van der Waals surface area contributed by atoms with Gasteiger partial charge in [0.15, 0.2) is 0 Å². The average molecular weight is 425 g/mol. The highest BCUT2D eigenvalue weighted by atomic mass is 35.5. The number of nitrogens with zero attached hydrogens (tertiary/aromatic N) is 2. The quantitative estimate of drug-likeness (QED) is 0.637. The molecule has 152 valence electrons. The molecule has 0 fully saturated rings. The summed E-state index contributed by atoms with van der Waals surface area (Å²) in [5, 5.41) is 8.62. The van der Waals surface area contributed by atoms with E-state index < -0.39 is 0 Å². The van der Waals surface area contributed by atoms with Gasteiger partial charge in [-0.25, -0.2) is 9.78 Å². The lowest BCUT2D eigenvalue weighted by Gasteiger charge is -2.22. The van der Waals surface area contributed by atoms with Crippen LogP contribution < -0.4 is 10.6 Å². The summed E-state index contributed by atoms with van der Waals surface area (Å²) < 4.78 is 5.11. The van der Waals surface area contributed by atoms with Crippen LogP contribution in [0, 0.1) is 0 Å². The number of nitrogens with one attached hydrogen (secondary N) is 2. The Morgan fingerprint density at radius 3 is 2.86 bits per heavy atom. The Morgan fingerprint density at radius 2 is 2.18 bits per heavy atom. The number of carbonyl (C=O) groups is 2. The van der Waals surface area contributed by atoms with Crippen molar-refractivity contribution >= 4 is 40.6 Å². The average Bonchev–Trinajstić information content (AvgIpc) is 3.13. The van der Waals surface area contributed by atoms with Gasteiger partial charge in [-0.3, -0.25) is 4.79 Å². The van der Waals surface area contributed by atoms with Gasteiger partial charge in [-0.05, 0) is 31.5 Å². The molecular weight excluding hydrogens is 400 g/mol. The molecular formula is C19H25ClN4O3S. The smallest absolute Gasteiger partial charge is 0.322 e. The highest BCUT2D eigenvalue weighted by Crippen LogP contribution is 2.17. The van der Waals surface area contributed by atoms with Gasteiger partial charge in [0.2, 0.25) is 0 Å². The molecule has 0 saturated heterocycles. The number of urea groups is 1. The van der Waals surface area contributed by atoms with Gasteiger partial charge in [0.1, 0.15) is 10.7 Å². The fourth-order valence-corrected chi connectivity index (χ4v) is 3.25. The van der Waals surface area contributed by atoms with E-state index in [4.69, 9.17) is 16.3 Å². The number of carbonyl (C=O) groups excluding carboxylic acids is 2. The Hall–Kier alpha value is -2.16. The zero-order valence-corrected chi connectivity index (χ0v) is 17.8. The number of amides is 3. The molecule has 7 nitrogen and oxygen atoms in total. The first-order valence-electron chi connectivity index (χ1n) is 8.98. The number of anilines is 1. The van der Waals surface area contributed by atoms with Crippen molar-refractivity contribution in [2.75, 3.05) is 25.6 Å². The summed E-state index contributed by atoms with van der Waals surface area (Å²) in [6.45, 7) is 4.99. The first kappa shape index (κ1) is 22.1. The van der Waals surface area contributed by atoms with Gasteiger partial charge in [-0.15, -0.1) is 11.3 Å². The molecule has 2 N–H and O–H groups in total. The van der Waals surface area contributed by atoms with E-state index in [0.717, 1.165) is 6.42 Å². The van der Waals surface area contributed by atoms with Crippen LogP contribution in [0.3, 0.4) is 0 Å². The maximum Gasteiger partial charge on any atom is 0.322 e. The molecule has 1 aromatic carbocycles. The third-order valence-corrected chi connectivity index (χ3v) is 5.10. The van der Waals surface area contributed by atoms with E-state index in [1.54, 1.807) is 41.7 Å². The van der Waals surface area contributed by atoms with Crippen molar-refractivity contribution in [1.29, 1.82) is 0 Å². The van der Waals surface area contributed by atoms with Crippen molar-refractivity contribution in [2.45, 2.75) is 32.9 Å². The first-order chi connectivity index (χ1) is 13.4. The van der Waals surface area contributed by atoms with Crippen LogP contribution in [0.15, 0.2) is 29.6 Å². The maximum absolute atomic E-state index is 12.7. The third-order valence-electron chi connectivity index (χ3n) is 4.03. The van der Waals surface area contributed by atoms with E-state index >= 15 is 0 Å². The Balaban J connectivity index is 2.05. The molecule has 1 unspecified atom stereocenters. The highest BCUT2D eigenvalue weighted by Gasteiger charge is 2.18. The second-order valence-electron chi connectivity index (χ2n) is 6.26. The van der Waals surface area contributed by atoms with Gasteiger partial charge in [0, 0.05) is 35.8 Å². The van der Waals surface area contributed by atoms with Gasteiger partial charge >= 0.3 is 6.03 Å². The molecule has 0 radical (unpaired) electrons. The van der Waals surface area contributed by atoms with Gasteiger partial charge in [0.05, 0.1) is 13.2 Å². The van der Waals surface area contributed by atoms with E-state index in [2.05, 4.69) is 15.6 Å². The molecule has 1 atom stereocenters. The molecule has 1 heterocycles. The molecule has 3 amide bonds. The summed E-state index contributed by atoms with van der Waals surface area (Å²) in [7, 11) is 1.58. The molecule has 0 aliphatic carbocycles. The minimum absolute atomic E-state index is 0.0827. The monoisotopic (exact) mass is 424 g/mol. The number of hydrogen-bond acceptors (Lipinski definition) is 5. The van der Waals surface area contributed by atoms with Gasteiger partial charge in [-0.1, -0.05) is 24.6 Å². The Labute approximate surface area is 174 Å². The van der Waals surface area contributed by atoms with Crippen molar-refractivity contribution < 1.29 is 14.3 Å². The lowest BCUT2D eigenvalue weighted by atomic mass is 10.2. The summed E-state index contributed by atoms with van der Waals surface area (Å²) in [5.74, 6) is -0.205. The SMILES string of the molecule is CCC(C)NC(=O)c1csc(CN(CCOC)C(=O)Nc2cccc(Cl)c2)n1. The molecule has 1 aromatic heterocycles. The molecule has 2 rings (SSSR count). The second-order valence-corrected chi connectivity index (χ2v) is 7.64. The number of rotatable bonds is 9. The second kappa shape index (κ2) is 11.0. The van der Waals surface area contributed by atoms with Crippen molar-refractivity contribution in [3.8, 4) is 0 Å². The lowest BCUT2D eigenvalue weighted by molar-refractivity contribution is 0.0934. The fourth-order valence-electron chi connectivity index (χ4n) is 2.27. The van der Waals surface area contributed by atoms with Crippen LogP contribution >= 0.6 is 22.9 Å². The maximum atomic E-state index is 12.7. The van der Waals surface area contributed by atoms with Crippen molar-refractivity contribution in [2.24, 2.45) is 0 Å². The van der Waals surface area contributed by atoms with E-state index in [0.29, 0.717) is 34.6 Å². The third kappa shape index (κ3) is 6.78. The minimum atomic E-state index is -0.292. The van der Waals surface area contributed by atoms with Crippen LogP contribution in [0.4, 0.5) is 10.5 Å². The molecule has 0 bridgehead atoms. The van der Waals surface area contributed by atoms with Crippen LogP contribution in [0.1, 0.15) is 35.8 Å². The van der Waals surface area contributed by atoms with Gasteiger partial charge in [-0.2, -0.15) is 0 Å². The van der Waals surface area contributed by atoms with E-state index in [9.17, 15) is 9.59 Å². The number of ether oxygens (including phenoxy) is 1.